The second-order valence-corrected chi connectivity index (χ2v) is 16.3. The fourth-order valence-electron chi connectivity index (χ4n) is 8.75. The van der Waals surface area contributed by atoms with Gasteiger partial charge in [-0.05, 0) is 83.6 Å². The summed E-state index contributed by atoms with van der Waals surface area (Å²) in [6.45, 7) is 13.7. The molecule has 5 aromatic rings. The average molecular weight is 808 g/mol. The normalized spacial score (nSPS) is 21.5. The molecule has 0 aliphatic carbocycles. The molecule has 4 aliphatic heterocycles. The number of aromatic amines is 1. The van der Waals surface area contributed by atoms with Crippen molar-refractivity contribution < 1.29 is 14.1 Å². The fourth-order valence-corrected chi connectivity index (χ4v) is 9.30. The number of rotatable bonds is 9. The van der Waals surface area contributed by atoms with Crippen LogP contribution in [0.1, 0.15) is 42.2 Å². The lowest BCUT2D eigenvalue weighted by atomic mass is 9.90. The third kappa shape index (κ3) is 7.72. The summed E-state index contributed by atoms with van der Waals surface area (Å²) >= 11 is 3.78. The minimum absolute atomic E-state index is 0.171. The number of carbonyl (C=O) groups is 2. The summed E-state index contributed by atoms with van der Waals surface area (Å²) in [5, 5.41) is 6.65. The molecule has 14 heteroatoms. The van der Waals surface area contributed by atoms with Crippen LogP contribution in [0.25, 0.3) is 22.6 Å². The third-order valence-electron chi connectivity index (χ3n) is 11.8. The van der Waals surface area contributed by atoms with Crippen LogP contribution in [0, 0.1) is 12.8 Å². The highest BCUT2D eigenvalue weighted by atomic mass is 79.9. The Balaban J connectivity index is 0.769. The Labute approximate surface area is 329 Å². The maximum atomic E-state index is 12.3. The molecule has 4 saturated heterocycles. The van der Waals surface area contributed by atoms with E-state index in [2.05, 4.69) is 109 Å². The molecule has 2 N–H and O–H groups in total. The van der Waals surface area contributed by atoms with E-state index in [1.165, 1.54) is 17.8 Å². The number of fused-ring (bicyclic) bond motifs is 1. The molecule has 55 heavy (non-hydrogen) atoms. The summed E-state index contributed by atoms with van der Waals surface area (Å²) in [6, 6.07) is 19.2. The Bertz CT molecular complexity index is 2150. The van der Waals surface area contributed by atoms with Crippen LogP contribution in [0.5, 0.6) is 0 Å². The molecule has 4 fully saturated rings. The van der Waals surface area contributed by atoms with Gasteiger partial charge in [0.05, 0.1) is 21.8 Å². The van der Waals surface area contributed by atoms with Crippen molar-refractivity contribution in [3.8, 4) is 11.4 Å². The number of carbonyl (C=O) groups excluding carboxylic acids is 2. The summed E-state index contributed by atoms with van der Waals surface area (Å²) in [5.74, 6) is 1.73. The zero-order valence-corrected chi connectivity index (χ0v) is 32.8. The highest BCUT2D eigenvalue weighted by Gasteiger charge is 2.30. The molecule has 0 radical (unpaired) electrons. The molecule has 2 atom stereocenters. The predicted octanol–water partition coefficient (Wildman–Crippen LogP) is 5.17. The molecular formula is C41H47BrN10O3. The van der Waals surface area contributed by atoms with Crippen molar-refractivity contribution in [1.82, 2.24) is 35.2 Å². The van der Waals surface area contributed by atoms with Gasteiger partial charge in [0.2, 0.25) is 11.8 Å². The number of nitrogens with one attached hydrogen (secondary N) is 2. The monoisotopic (exact) mass is 806 g/mol. The maximum absolute atomic E-state index is 12.3. The van der Waals surface area contributed by atoms with Crippen molar-refractivity contribution in [3.63, 3.8) is 0 Å². The number of imide groups is 1. The summed E-state index contributed by atoms with van der Waals surface area (Å²) in [5.41, 5.74) is 8.26. The van der Waals surface area contributed by atoms with Gasteiger partial charge in [0, 0.05) is 114 Å². The average Bonchev–Trinajstić information content (AvgIpc) is 3.96. The highest BCUT2D eigenvalue weighted by molar-refractivity contribution is 9.10. The number of piperidine rings is 1. The molecule has 7 heterocycles. The number of imidazole rings is 1. The minimum Gasteiger partial charge on any atom is -0.371 e. The van der Waals surface area contributed by atoms with E-state index in [1.54, 1.807) is 0 Å². The second kappa shape index (κ2) is 15.4. The number of H-pyrrole nitrogens is 1. The SMILES string of the molecule is Cc1cc(CN2CCN(c3c(Br)cnc4nc(-c5ccc(N6CCN(C[C@H]7CCN(c8ccc([C@@H]9CCC(=O)NC9=O)cc8)C7)CC6)cc5)[nH]c34)CC2)no1. The zero-order valence-electron chi connectivity index (χ0n) is 31.2. The van der Waals surface area contributed by atoms with Gasteiger partial charge in [-0.1, -0.05) is 17.3 Å². The van der Waals surface area contributed by atoms with Crippen molar-refractivity contribution in [3.05, 3.63) is 82.3 Å². The lowest BCUT2D eigenvalue weighted by Crippen LogP contribution is -2.48. The molecule has 0 unspecified atom stereocenters. The number of aromatic nitrogens is 4. The number of benzene rings is 2. The summed E-state index contributed by atoms with van der Waals surface area (Å²) in [7, 11) is 0. The van der Waals surface area contributed by atoms with Crippen molar-refractivity contribution in [2.45, 2.75) is 38.6 Å². The van der Waals surface area contributed by atoms with E-state index in [4.69, 9.17) is 9.51 Å². The van der Waals surface area contributed by atoms with Crippen LogP contribution < -0.4 is 20.0 Å². The Morgan fingerprint density at radius 3 is 2.27 bits per heavy atom. The first-order chi connectivity index (χ1) is 26.8. The molecule has 286 valence electrons. The van der Waals surface area contributed by atoms with Crippen molar-refractivity contribution in [2.75, 3.05) is 86.7 Å². The van der Waals surface area contributed by atoms with Crippen LogP contribution in [0.4, 0.5) is 17.1 Å². The van der Waals surface area contributed by atoms with Crippen LogP contribution >= 0.6 is 15.9 Å². The lowest BCUT2D eigenvalue weighted by molar-refractivity contribution is -0.134. The first-order valence-electron chi connectivity index (χ1n) is 19.5. The first kappa shape index (κ1) is 35.9. The number of nitrogens with zero attached hydrogens (tertiary/aromatic N) is 8. The molecule has 13 nitrogen and oxygen atoms in total. The van der Waals surface area contributed by atoms with Gasteiger partial charge in [-0.3, -0.25) is 24.7 Å². The number of aryl methyl sites for hydroxylation is 1. The molecule has 0 spiro atoms. The van der Waals surface area contributed by atoms with Crippen LogP contribution in [0.2, 0.25) is 0 Å². The Kier molecular flexibility index (Phi) is 10.0. The second-order valence-electron chi connectivity index (χ2n) is 15.5. The summed E-state index contributed by atoms with van der Waals surface area (Å²) in [6.07, 6.45) is 4.04. The molecule has 3 aromatic heterocycles. The van der Waals surface area contributed by atoms with E-state index in [0.29, 0.717) is 18.8 Å². The Morgan fingerprint density at radius 1 is 0.836 bits per heavy atom. The molecule has 9 rings (SSSR count). The molecule has 2 amide bonds. The maximum Gasteiger partial charge on any atom is 0.234 e. The minimum atomic E-state index is -0.236. The topological polar surface area (TPSA) is 130 Å². The van der Waals surface area contributed by atoms with Crippen LogP contribution in [-0.4, -0.2) is 114 Å². The van der Waals surface area contributed by atoms with Crippen molar-refractivity contribution >= 4 is 56.0 Å². The van der Waals surface area contributed by atoms with E-state index >= 15 is 0 Å². The fraction of sp³-hybridized carbons (Fsp3) is 0.439. The molecule has 0 bridgehead atoms. The highest BCUT2D eigenvalue weighted by Crippen LogP contribution is 2.35. The summed E-state index contributed by atoms with van der Waals surface area (Å²) < 4.78 is 6.23. The zero-order chi connectivity index (χ0) is 37.5. The quantitative estimate of drug-likeness (QED) is 0.192. The van der Waals surface area contributed by atoms with Gasteiger partial charge in [0.1, 0.15) is 17.1 Å². The van der Waals surface area contributed by atoms with E-state index in [1.807, 2.05) is 19.2 Å². The van der Waals surface area contributed by atoms with Gasteiger partial charge in [0.25, 0.3) is 0 Å². The molecule has 4 aliphatic rings. The lowest BCUT2D eigenvalue weighted by Gasteiger charge is -2.37. The number of hydrogen-bond donors (Lipinski definition) is 2. The number of hydrogen-bond acceptors (Lipinski definition) is 11. The number of halogens is 1. The molecule has 0 saturated carbocycles. The van der Waals surface area contributed by atoms with E-state index in [-0.39, 0.29) is 17.7 Å². The molecular weight excluding hydrogens is 760 g/mol. The number of pyridine rings is 1. The van der Waals surface area contributed by atoms with Crippen LogP contribution in [0.3, 0.4) is 0 Å². The smallest absolute Gasteiger partial charge is 0.234 e. The predicted molar refractivity (Wildman–Crippen MR) is 216 cm³/mol. The van der Waals surface area contributed by atoms with Crippen LogP contribution in [0.15, 0.2) is 69.8 Å². The van der Waals surface area contributed by atoms with Crippen LogP contribution in [-0.2, 0) is 16.1 Å². The summed E-state index contributed by atoms with van der Waals surface area (Å²) in [4.78, 5) is 49.5. The van der Waals surface area contributed by atoms with Gasteiger partial charge in [-0.2, -0.15) is 0 Å². The Morgan fingerprint density at radius 2 is 1.55 bits per heavy atom. The molecule has 2 aromatic carbocycles. The van der Waals surface area contributed by atoms with Crippen molar-refractivity contribution in [2.24, 2.45) is 5.92 Å². The first-order valence-corrected chi connectivity index (χ1v) is 20.3. The third-order valence-corrected chi connectivity index (χ3v) is 12.4. The number of anilines is 3. The largest absolute Gasteiger partial charge is 0.371 e. The van der Waals surface area contributed by atoms with E-state index in [9.17, 15) is 9.59 Å². The van der Waals surface area contributed by atoms with Gasteiger partial charge < -0.3 is 24.2 Å². The standard InChI is InChI=1S/C41H47BrN10O3/c1-27-22-31(47-55-27)26-49-16-20-51(21-17-49)38-35(42)23-43-40-37(38)45-39(46-40)30-4-8-32(9-5-30)50-18-14-48(15-19-50)24-28-12-13-52(25-28)33-6-2-29(3-7-33)34-10-11-36(53)44-41(34)54/h2-9,22-23,28,34H,10-21,24-26H2,1H3,(H,43,45,46)(H,44,53,54)/t28-,34+/m1/s1. The number of piperazine rings is 2. The van der Waals surface area contributed by atoms with Gasteiger partial charge in [-0.25, -0.2) is 9.97 Å². The van der Waals surface area contributed by atoms with E-state index in [0.717, 1.165) is 128 Å². The van der Waals surface area contributed by atoms with E-state index < -0.39 is 0 Å². The van der Waals surface area contributed by atoms with Crippen molar-refractivity contribution in [1.29, 1.82) is 0 Å². The van der Waals surface area contributed by atoms with Gasteiger partial charge in [0.15, 0.2) is 5.65 Å². The number of amides is 2. The Hall–Kier alpha value is -4.79. The van der Waals surface area contributed by atoms with Gasteiger partial charge >= 0.3 is 0 Å². The van der Waals surface area contributed by atoms with Gasteiger partial charge in [-0.15, -0.1) is 0 Å².